The molecule has 1 N–H and O–H groups in total. The summed E-state index contributed by atoms with van der Waals surface area (Å²) in [4.78, 5) is 10.1. The van der Waals surface area contributed by atoms with Gasteiger partial charge in [0, 0.05) is 13.0 Å². The highest BCUT2D eigenvalue weighted by Gasteiger charge is 1.87. The summed E-state index contributed by atoms with van der Waals surface area (Å²) in [5, 5.41) is 0. The van der Waals surface area contributed by atoms with E-state index in [0.717, 1.165) is 0 Å². The van der Waals surface area contributed by atoms with Crippen molar-refractivity contribution >= 4 is 18.6 Å². The largest absolute Gasteiger partial charge is 0.300 e. The van der Waals surface area contributed by atoms with E-state index in [2.05, 4.69) is 17.5 Å². The van der Waals surface area contributed by atoms with Crippen LogP contribution in [-0.4, -0.2) is 12.3 Å². The predicted molar refractivity (Wildman–Crippen MR) is 43.6 cm³/mol. The Hall–Kier alpha value is -0.0200. The molecule has 0 saturated heterocycles. The maximum Gasteiger partial charge on any atom is 0.131 e. The number of carbonyl (C=O) groups is 1. The fourth-order valence-corrected chi connectivity index (χ4v) is 0.344. The Morgan fingerprint density at radius 2 is 2.00 bits per heavy atom. The van der Waals surface area contributed by atoms with Gasteiger partial charge in [0.2, 0.25) is 0 Å². The minimum absolute atomic E-state index is 0.196. The van der Waals surface area contributed by atoms with Crippen LogP contribution >= 0.6 is 12.8 Å². The van der Waals surface area contributed by atoms with E-state index >= 15 is 0 Å². The summed E-state index contributed by atoms with van der Waals surface area (Å²) < 4.78 is 2.57. The second kappa shape index (κ2) is 10.9. The SMILES string of the molecule is CC.CC(=O)CCNS. The zero-order chi connectivity index (χ0) is 7.70. The molecule has 0 spiro atoms. The van der Waals surface area contributed by atoms with Gasteiger partial charge in [0.1, 0.15) is 5.78 Å². The smallest absolute Gasteiger partial charge is 0.131 e. The molecule has 0 aromatic heterocycles. The Labute approximate surface area is 62.6 Å². The molecule has 0 aliphatic carbocycles. The summed E-state index contributed by atoms with van der Waals surface area (Å²) in [6.07, 6.45) is 0.573. The van der Waals surface area contributed by atoms with Gasteiger partial charge in [-0.15, -0.1) is 0 Å². The monoisotopic (exact) mass is 149 g/mol. The number of nitrogens with one attached hydrogen (secondary N) is 1. The molecule has 56 valence electrons. The molecule has 0 aromatic rings. The zero-order valence-electron chi connectivity index (χ0n) is 6.27. The molecular weight excluding hydrogens is 134 g/mol. The molecule has 0 rings (SSSR count). The van der Waals surface area contributed by atoms with Crippen molar-refractivity contribution in [2.45, 2.75) is 27.2 Å². The highest BCUT2D eigenvalue weighted by Crippen LogP contribution is 1.76. The van der Waals surface area contributed by atoms with Crippen molar-refractivity contribution in [2.75, 3.05) is 6.54 Å². The fraction of sp³-hybridized carbons (Fsp3) is 0.833. The van der Waals surface area contributed by atoms with Crippen LogP contribution in [0.25, 0.3) is 0 Å². The molecule has 0 radical (unpaired) electrons. The number of hydrogen-bond donors (Lipinski definition) is 2. The van der Waals surface area contributed by atoms with Crippen LogP contribution in [0.15, 0.2) is 0 Å². The molecule has 0 fully saturated rings. The summed E-state index contributed by atoms with van der Waals surface area (Å²) >= 11 is 3.69. The third kappa shape index (κ3) is 18.0. The van der Waals surface area contributed by atoms with Gasteiger partial charge in [-0.25, -0.2) is 0 Å². The minimum Gasteiger partial charge on any atom is -0.300 e. The van der Waals surface area contributed by atoms with Gasteiger partial charge in [0.05, 0.1) is 0 Å². The molecule has 0 saturated carbocycles. The first-order valence-electron chi connectivity index (χ1n) is 3.13. The molecule has 0 aromatic carbocycles. The summed E-state index contributed by atoms with van der Waals surface area (Å²) in [7, 11) is 0. The standard InChI is InChI=1S/C4H9NOS.C2H6/c1-4(6)2-3-5-7;1-2/h5,7H,2-3H2,1H3;1-2H3. The second-order valence-corrected chi connectivity index (χ2v) is 1.68. The lowest BCUT2D eigenvalue weighted by Gasteiger charge is -1.88. The Kier molecular flexibility index (Phi) is 14.2. The third-order valence-corrected chi connectivity index (χ3v) is 0.812. The van der Waals surface area contributed by atoms with Crippen molar-refractivity contribution in [3.63, 3.8) is 0 Å². The normalized spacial score (nSPS) is 7.56. The lowest BCUT2D eigenvalue weighted by molar-refractivity contribution is -0.116. The lowest BCUT2D eigenvalue weighted by Crippen LogP contribution is -2.05. The molecule has 3 heteroatoms. The number of thiol groups is 1. The average molecular weight is 149 g/mol. The number of hydrogen-bond acceptors (Lipinski definition) is 3. The van der Waals surface area contributed by atoms with E-state index in [0.29, 0.717) is 13.0 Å². The lowest BCUT2D eigenvalue weighted by atomic mass is 10.3. The molecule has 0 amide bonds. The first kappa shape index (κ1) is 11.7. The van der Waals surface area contributed by atoms with E-state index in [1.54, 1.807) is 6.92 Å². The van der Waals surface area contributed by atoms with Crippen LogP contribution in [0.4, 0.5) is 0 Å². The van der Waals surface area contributed by atoms with Gasteiger partial charge >= 0.3 is 0 Å². The Balaban J connectivity index is 0. The van der Waals surface area contributed by atoms with Gasteiger partial charge in [-0.1, -0.05) is 26.7 Å². The van der Waals surface area contributed by atoms with Crippen LogP contribution in [0.5, 0.6) is 0 Å². The zero-order valence-corrected chi connectivity index (χ0v) is 7.16. The molecule has 0 atom stereocenters. The van der Waals surface area contributed by atoms with Crippen LogP contribution in [0.1, 0.15) is 27.2 Å². The predicted octanol–water partition coefficient (Wildman–Crippen LogP) is 1.43. The number of carbonyl (C=O) groups excluding carboxylic acids is 1. The van der Waals surface area contributed by atoms with Gasteiger partial charge in [0.15, 0.2) is 0 Å². The first-order valence-corrected chi connectivity index (χ1v) is 3.58. The van der Waals surface area contributed by atoms with Crippen LogP contribution in [-0.2, 0) is 4.79 Å². The van der Waals surface area contributed by atoms with Crippen LogP contribution < -0.4 is 4.72 Å². The van der Waals surface area contributed by atoms with E-state index in [-0.39, 0.29) is 5.78 Å². The Bertz CT molecular complexity index is 66.1. The van der Waals surface area contributed by atoms with Gasteiger partial charge in [-0.2, -0.15) is 0 Å². The van der Waals surface area contributed by atoms with Crippen molar-refractivity contribution in [3.05, 3.63) is 0 Å². The minimum atomic E-state index is 0.196. The van der Waals surface area contributed by atoms with E-state index in [9.17, 15) is 4.79 Å². The molecular formula is C6H15NOS. The molecule has 2 nitrogen and oxygen atoms in total. The maximum absolute atomic E-state index is 10.1. The topological polar surface area (TPSA) is 29.1 Å². The quantitative estimate of drug-likeness (QED) is 0.594. The summed E-state index contributed by atoms with van der Waals surface area (Å²) in [5.74, 6) is 0.196. The number of Topliss-reactive ketones (excluding diaryl/α,β-unsaturated/α-hetero) is 1. The van der Waals surface area contributed by atoms with Crippen molar-refractivity contribution in [1.29, 1.82) is 0 Å². The molecule has 0 aliphatic heterocycles. The van der Waals surface area contributed by atoms with Crippen molar-refractivity contribution in [2.24, 2.45) is 0 Å². The van der Waals surface area contributed by atoms with Crippen LogP contribution in [0, 0.1) is 0 Å². The van der Waals surface area contributed by atoms with Gasteiger partial charge in [0.25, 0.3) is 0 Å². The third-order valence-electron chi connectivity index (χ3n) is 0.589. The number of rotatable bonds is 3. The van der Waals surface area contributed by atoms with Gasteiger partial charge < -0.3 is 0 Å². The highest BCUT2D eigenvalue weighted by molar-refractivity contribution is 7.78. The second-order valence-electron chi connectivity index (χ2n) is 1.36. The highest BCUT2D eigenvalue weighted by atomic mass is 32.1. The molecule has 0 bridgehead atoms. The average Bonchev–Trinajstić information content (AvgIpc) is 1.88. The van der Waals surface area contributed by atoms with Crippen LogP contribution in [0.2, 0.25) is 0 Å². The van der Waals surface area contributed by atoms with Gasteiger partial charge in [-0.3, -0.25) is 9.52 Å². The van der Waals surface area contributed by atoms with Crippen molar-refractivity contribution in [3.8, 4) is 0 Å². The summed E-state index contributed by atoms with van der Waals surface area (Å²) in [6.45, 7) is 6.23. The maximum atomic E-state index is 10.1. The molecule has 0 unspecified atom stereocenters. The molecule has 0 heterocycles. The number of ketones is 1. The molecule has 9 heavy (non-hydrogen) atoms. The van der Waals surface area contributed by atoms with Crippen molar-refractivity contribution < 1.29 is 4.79 Å². The first-order chi connectivity index (χ1) is 4.27. The van der Waals surface area contributed by atoms with Crippen molar-refractivity contribution in [1.82, 2.24) is 4.72 Å². The van der Waals surface area contributed by atoms with E-state index < -0.39 is 0 Å². The Morgan fingerprint density at radius 3 is 2.11 bits per heavy atom. The van der Waals surface area contributed by atoms with E-state index in [1.165, 1.54) is 0 Å². The molecule has 0 aliphatic rings. The van der Waals surface area contributed by atoms with E-state index in [4.69, 9.17) is 0 Å². The fourth-order valence-electron chi connectivity index (χ4n) is 0.232. The Morgan fingerprint density at radius 1 is 1.56 bits per heavy atom. The van der Waals surface area contributed by atoms with E-state index in [1.807, 2.05) is 13.8 Å². The summed E-state index contributed by atoms with van der Waals surface area (Å²) in [5.41, 5.74) is 0. The summed E-state index contributed by atoms with van der Waals surface area (Å²) in [6, 6.07) is 0. The van der Waals surface area contributed by atoms with Gasteiger partial charge in [-0.05, 0) is 6.92 Å². The van der Waals surface area contributed by atoms with Crippen LogP contribution in [0.3, 0.4) is 0 Å².